The molecule has 0 spiro atoms. The number of hydrogen-bond donors (Lipinski definition) is 3. The molecule has 6 rings (SSSR count). The zero-order valence-electron chi connectivity index (χ0n) is 19.3. The first-order valence-electron chi connectivity index (χ1n) is 11.7. The van der Waals surface area contributed by atoms with Crippen LogP contribution in [-0.2, 0) is 12.8 Å². The molecule has 182 valence electrons. The molecule has 9 heteroatoms. The van der Waals surface area contributed by atoms with Gasteiger partial charge < -0.3 is 15.7 Å². The van der Waals surface area contributed by atoms with E-state index in [0.717, 1.165) is 40.8 Å². The number of primary amides is 1. The van der Waals surface area contributed by atoms with E-state index >= 15 is 4.39 Å². The summed E-state index contributed by atoms with van der Waals surface area (Å²) in [5, 5.41) is 0.555. The minimum atomic E-state index is -0.931. The van der Waals surface area contributed by atoms with E-state index < -0.39 is 34.8 Å². The summed E-state index contributed by atoms with van der Waals surface area (Å²) in [6.07, 6.45) is 7.25. The summed E-state index contributed by atoms with van der Waals surface area (Å²) in [5.41, 5.74) is 6.85. The lowest BCUT2D eigenvalue weighted by Gasteiger charge is -2.21. The average Bonchev–Trinajstić information content (AvgIpc) is 3.44. The Kier molecular flexibility index (Phi) is 4.86. The Morgan fingerprint density at radius 1 is 1.14 bits per heavy atom. The van der Waals surface area contributed by atoms with Crippen LogP contribution >= 0.6 is 0 Å². The van der Waals surface area contributed by atoms with Gasteiger partial charge in [0.15, 0.2) is 0 Å². The second kappa shape index (κ2) is 7.87. The predicted octanol–water partition coefficient (Wildman–Crippen LogP) is 3.87. The second-order valence-corrected chi connectivity index (χ2v) is 9.54. The zero-order chi connectivity index (χ0) is 25.3. The van der Waals surface area contributed by atoms with Crippen molar-refractivity contribution in [3.8, 4) is 0 Å². The van der Waals surface area contributed by atoms with Crippen LogP contribution in [0.2, 0.25) is 0 Å². The van der Waals surface area contributed by atoms with Gasteiger partial charge in [0.05, 0.1) is 28.0 Å². The van der Waals surface area contributed by atoms with Crippen molar-refractivity contribution in [3.05, 3.63) is 97.4 Å². The molecule has 2 aliphatic carbocycles. The minimum absolute atomic E-state index is 0.0111. The van der Waals surface area contributed by atoms with Crippen LogP contribution in [0, 0.1) is 17.6 Å². The number of nitrogens with one attached hydrogen (secondary N) is 2. The number of fused-ring (bicyclic) bond motifs is 4. The van der Waals surface area contributed by atoms with E-state index in [1.807, 2.05) is 0 Å². The van der Waals surface area contributed by atoms with Crippen LogP contribution in [-0.4, -0.2) is 20.4 Å². The number of carbonyl (C=O) groups excluding carboxylic acids is 1. The number of amides is 1. The van der Waals surface area contributed by atoms with E-state index in [1.54, 1.807) is 18.2 Å². The van der Waals surface area contributed by atoms with Crippen LogP contribution < -0.4 is 17.0 Å². The predicted molar refractivity (Wildman–Crippen MR) is 133 cm³/mol. The van der Waals surface area contributed by atoms with Crippen LogP contribution in [0.5, 0.6) is 0 Å². The summed E-state index contributed by atoms with van der Waals surface area (Å²) in [5.74, 6) is -1.72. The molecule has 1 amide bonds. The van der Waals surface area contributed by atoms with Crippen molar-refractivity contribution in [2.45, 2.75) is 32.2 Å². The van der Waals surface area contributed by atoms with E-state index in [0.29, 0.717) is 28.8 Å². The van der Waals surface area contributed by atoms with Crippen molar-refractivity contribution < 1.29 is 13.6 Å². The van der Waals surface area contributed by atoms with E-state index in [2.05, 4.69) is 16.9 Å². The number of allylic oxidation sites excluding steroid dienone is 4. The molecule has 0 radical (unpaired) electrons. The van der Waals surface area contributed by atoms with Crippen molar-refractivity contribution in [1.29, 1.82) is 0 Å². The largest absolute Gasteiger partial charge is 0.366 e. The van der Waals surface area contributed by atoms with Crippen molar-refractivity contribution >= 4 is 33.3 Å². The summed E-state index contributed by atoms with van der Waals surface area (Å²) in [6, 6.07) is 4.15. The van der Waals surface area contributed by atoms with Gasteiger partial charge >= 0.3 is 5.69 Å². The number of nitrogens with zero attached hydrogens (tertiary/aromatic N) is 1. The lowest BCUT2D eigenvalue weighted by Crippen LogP contribution is -2.37. The quantitative estimate of drug-likeness (QED) is 0.407. The van der Waals surface area contributed by atoms with Gasteiger partial charge in [0, 0.05) is 16.6 Å². The van der Waals surface area contributed by atoms with Gasteiger partial charge in [0.2, 0.25) is 0 Å². The zero-order valence-corrected chi connectivity index (χ0v) is 19.3. The van der Waals surface area contributed by atoms with Gasteiger partial charge in [-0.05, 0) is 54.5 Å². The summed E-state index contributed by atoms with van der Waals surface area (Å²) in [7, 11) is 0. The molecule has 2 aromatic carbocycles. The van der Waals surface area contributed by atoms with Crippen molar-refractivity contribution in [2.24, 2.45) is 11.7 Å². The highest BCUT2D eigenvalue weighted by molar-refractivity contribution is 6.10. The molecule has 0 saturated heterocycles. The fourth-order valence-electron chi connectivity index (χ4n) is 5.62. The van der Waals surface area contributed by atoms with Crippen molar-refractivity contribution in [2.75, 3.05) is 0 Å². The fourth-order valence-corrected chi connectivity index (χ4v) is 5.62. The summed E-state index contributed by atoms with van der Waals surface area (Å²) >= 11 is 0. The molecule has 4 aromatic rings. The second-order valence-electron chi connectivity index (χ2n) is 9.54. The monoisotopic (exact) mass is 488 g/mol. The number of rotatable bonds is 3. The number of nitrogens with two attached hydrogens (primary N) is 1. The number of aromatic nitrogens is 3. The van der Waals surface area contributed by atoms with E-state index in [4.69, 9.17) is 5.73 Å². The molecule has 2 aromatic heterocycles. The van der Waals surface area contributed by atoms with E-state index in [-0.39, 0.29) is 22.0 Å². The molecule has 2 aliphatic rings. The highest BCUT2D eigenvalue weighted by Gasteiger charge is 2.31. The van der Waals surface area contributed by atoms with Gasteiger partial charge in [-0.25, -0.2) is 18.1 Å². The molecule has 0 saturated carbocycles. The summed E-state index contributed by atoms with van der Waals surface area (Å²) < 4.78 is 31.0. The third kappa shape index (κ3) is 3.12. The minimum Gasteiger partial charge on any atom is -0.366 e. The number of halogens is 2. The van der Waals surface area contributed by atoms with E-state index in [1.165, 1.54) is 12.1 Å². The lowest BCUT2D eigenvalue weighted by atomic mass is 9.85. The van der Waals surface area contributed by atoms with Crippen LogP contribution in [0.25, 0.3) is 27.4 Å². The Balaban J connectivity index is 1.62. The number of benzene rings is 2. The maximum atomic E-state index is 15.8. The molecule has 36 heavy (non-hydrogen) atoms. The maximum absolute atomic E-state index is 15.8. The van der Waals surface area contributed by atoms with Gasteiger partial charge in [-0.2, -0.15) is 0 Å². The molecular weight excluding hydrogens is 466 g/mol. The number of hydrogen-bond acceptors (Lipinski definition) is 3. The molecule has 7 nitrogen and oxygen atoms in total. The van der Waals surface area contributed by atoms with Gasteiger partial charge in [0.1, 0.15) is 11.6 Å². The first-order valence-corrected chi connectivity index (χ1v) is 11.7. The third-order valence-corrected chi connectivity index (χ3v) is 7.29. The highest BCUT2D eigenvalue weighted by Crippen LogP contribution is 2.42. The Morgan fingerprint density at radius 3 is 2.72 bits per heavy atom. The van der Waals surface area contributed by atoms with Crippen LogP contribution in [0.4, 0.5) is 8.78 Å². The molecule has 4 N–H and O–H groups in total. The molecule has 0 fully saturated rings. The Bertz CT molecular complexity index is 1790. The van der Waals surface area contributed by atoms with Gasteiger partial charge in [-0.3, -0.25) is 9.59 Å². The van der Waals surface area contributed by atoms with E-state index in [9.17, 15) is 18.8 Å². The fraction of sp³-hybridized carbons (Fsp3) is 0.222. The topological polar surface area (TPSA) is 114 Å². The number of carbonyl (C=O) groups is 1. The molecule has 1 unspecified atom stereocenters. The third-order valence-electron chi connectivity index (χ3n) is 7.29. The van der Waals surface area contributed by atoms with Gasteiger partial charge in [-0.15, -0.1) is 0 Å². The summed E-state index contributed by atoms with van der Waals surface area (Å²) in [6.45, 7) is 2.13. The highest BCUT2D eigenvalue weighted by atomic mass is 19.1. The van der Waals surface area contributed by atoms with Crippen LogP contribution in [0.1, 0.15) is 46.6 Å². The molecule has 2 heterocycles. The molecule has 2 atom stereocenters. The Morgan fingerprint density at radius 2 is 1.94 bits per heavy atom. The first kappa shape index (κ1) is 22.2. The number of para-hydroxylation sites is 1. The first-order chi connectivity index (χ1) is 17.3. The molecule has 0 aliphatic heterocycles. The molecular formula is C27H22F2N4O3. The Hall–Kier alpha value is -4.27. The van der Waals surface area contributed by atoms with Gasteiger partial charge in [-0.1, -0.05) is 31.2 Å². The number of aromatic amines is 2. The van der Waals surface area contributed by atoms with Crippen molar-refractivity contribution in [1.82, 2.24) is 14.5 Å². The lowest BCUT2D eigenvalue weighted by molar-refractivity contribution is 0.100. The maximum Gasteiger partial charge on any atom is 0.329 e. The number of H-pyrrole nitrogens is 2. The SMILES string of the molecule is C[C@H]1CCc2c([nH]c3c(C(N)=O)cc(F)c(C4=CC=CC4n4c(=O)[nH]c5c(F)cccc5c4=O)c23)C1. The standard InChI is InChI=1S/C27H22F2N4O3/c1-12-8-9-13-19(10-12)31-24-16(25(30)34)11-18(29)21(22(13)24)14-4-3-7-20(14)33-26(35)15-5-2-6-17(28)23(15)32-27(33)36/h2-7,11-12,20,31H,8-10H2,1H3,(H2,30,34)(H,32,36)/t12-,20?/m0/s1. The Labute approximate surface area is 202 Å². The van der Waals surface area contributed by atoms with Crippen molar-refractivity contribution in [3.63, 3.8) is 0 Å². The normalized spacial score (nSPS) is 19.1. The van der Waals surface area contributed by atoms with Crippen LogP contribution in [0.15, 0.2) is 52.1 Å². The smallest absolute Gasteiger partial charge is 0.329 e. The number of aryl methyl sites for hydroxylation is 1. The summed E-state index contributed by atoms with van der Waals surface area (Å²) in [4.78, 5) is 44.3. The van der Waals surface area contributed by atoms with Gasteiger partial charge in [0.25, 0.3) is 11.5 Å². The van der Waals surface area contributed by atoms with Crippen LogP contribution in [0.3, 0.4) is 0 Å². The average molecular weight is 488 g/mol. The molecule has 0 bridgehead atoms.